The summed E-state index contributed by atoms with van der Waals surface area (Å²) in [4.78, 5) is 0. The fraction of sp³-hybridized carbons (Fsp3) is 0. The van der Waals surface area contributed by atoms with Gasteiger partial charge in [-0.05, 0) is 0 Å². The van der Waals surface area contributed by atoms with E-state index in [2.05, 4.69) is 0 Å². The van der Waals surface area contributed by atoms with Gasteiger partial charge in [0.2, 0.25) is 0 Å². The summed E-state index contributed by atoms with van der Waals surface area (Å²) in [6.07, 6.45) is 0. The second-order valence-corrected chi connectivity index (χ2v) is 0. The average Bonchev–Trinajstić information content (AvgIpc) is 0. The molecule has 0 aromatic heterocycles. The predicted octanol–water partition coefficient (Wildman–Crippen LogP) is -2.39. The molecule has 0 atom stereocenters. The molecule has 0 amide bonds. The first-order valence-electron chi connectivity index (χ1n) is 0. The Morgan fingerprint density at radius 3 is 0.667 bits per heavy atom. The summed E-state index contributed by atoms with van der Waals surface area (Å²) in [5.41, 5.74) is 0. The molecule has 38 valence electrons. The van der Waals surface area contributed by atoms with Gasteiger partial charge in [0.15, 0.2) is 0 Å². The van der Waals surface area contributed by atoms with Crippen LogP contribution in [0.4, 0.5) is 0 Å². The summed E-state index contributed by atoms with van der Waals surface area (Å²) in [6.45, 7) is 0. The normalized spacial score (nSPS) is 0. The number of hydrogen-bond acceptors (Lipinski definition) is 2. The molecule has 0 aliphatic rings. The zero-order chi connectivity index (χ0) is 0. The average molecular weight is 210 g/mol. The Kier molecular flexibility index (Phi) is 1220. The van der Waals surface area contributed by atoms with Gasteiger partial charge in [0.05, 0.1) is 0 Å². The Bertz CT molecular complexity index is 7.51. The summed E-state index contributed by atoms with van der Waals surface area (Å²) < 4.78 is 0. The van der Waals surface area contributed by atoms with Crippen LogP contribution in [0, 0.1) is 0 Å². The third-order valence-corrected chi connectivity index (χ3v) is 0. The summed E-state index contributed by atoms with van der Waals surface area (Å²) in [5.74, 6) is 0. The van der Waals surface area contributed by atoms with Gasteiger partial charge in [-0.1, -0.05) is 0 Å². The standard InChI is InChI=1S/Cr.4H2O.Sr/h;4*1H2;/q;;;;;+2/p-2. The SMILES string of the molecule is O.O.[Cr].[OH-].[OH-].[Sr+2]. The minimum absolute atomic E-state index is 0. The number of rotatable bonds is 0. The van der Waals surface area contributed by atoms with E-state index >= 15 is 0 Å². The monoisotopic (exact) mass is 210 g/mol. The van der Waals surface area contributed by atoms with Crippen molar-refractivity contribution in [1.82, 2.24) is 0 Å². The zero-order valence-electron chi connectivity index (χ0n) is 3.01. The van der Waals surface area contributed by atoms with E-state index in [1.165, 1.54) is 0 Å². The van der Waals surface area contributed by atoms with Crippen molar-refractivity contribution in [3.63, 3.8) is 0 Å². The van der Waals surface area contributed by atoms with E-state index in [0.29, 0.717) is 0 Å². The van der Waals surface area contributed by atoms with Crippen LogP contribution in [0.25, 0.3) is 0 Å². The molecule has 0 spiro atoms. The van der Waals surface area contributed by atoms with Crippen molar-refractivity contribution in [3.8, 4) is 0 Å². The zero-order valence-corrected chi connectivity index (χ0v) is 7.76. The van der Waals surface area contributed by atoms with Crippen molar-refractivity contribution >= 4 is 45.5 Å². The maximum absolute atomic E-state index is 0. The van der Waals surface area contributed by atoms with Crippen LogP contribution in [0.2, 0.25) is 0 Å². The summed E-state index contributed by atoms with van der Waals surface area (Å²) >= 11 is 0. The van der Waals surface area contributed by atoms with Crippen molar-refractivity contribution in [2.75, 3.05) is 0 Å². The molecule has 0 aliphatic carbocycles. The first-order chi connectivity index (χ1) is 0. The fourth-order valence-corrected chi connectivity index (χ4v) is 0. The van der Waals surface area contributed by atoms with E-state index in [4.69, 9.17) is 0 Å². The molecule has 0 rings (SSSR count). The third kappa shape index (κ3) is 40.1. The van der Waals surface area contributed by atoms with Crippen molar-refractivity contribution in [1.29, 1.82) is 0 Å². The van der Waals surface area contributed by atoms with Gasteiger partial charge in [-0.15, -0.1) is 0 Å². The largest absolute Gasteiger partial charge is 2.00 e. The predicted molar refractivity (Wildman–Crippen MR) is 16.9 cm³/mol. The molecule has 4 nitrogen and oxygen atoms in total. The Labute approximate surface area is 83.6 Å². The smallest absolute Gasteiger partial charge is 0.870 e. The molecule has 0 aliphatic heterocycles. The van der Waals surface area contributed by atoms with Crippen LogP contribution in [0.1, 0.15) is 0 Å². The molecule has 6 heavy (non-hydrogen) atoms. The third-order valence-electron chi connectivity index (χ3n) is 0. The van der Waals surface area contributed by atoms with Gasteiger partial charge in [-0.2, -0.15) is 0 Å². The Balaban J connectivity index is 0. The van der Waals surface area contributed by atoms with Crippen molar-refractivity contribution < 1.29 is 39.3 Å². The van der Waals surface area contributed by atoms with Gasteiger partial charge in [0.1, 0.15) is 0 Å². The van der Waals surface area contributed by atoms with Crippen LogP contribution >= 0.6 is 0 Å². The van der Waals surface area contributed by atoms with Gasteiger partial charge >= 0.3 is 45.5 Å². The molecule has 0 saturated heterocycles. The first kappa shape index (κ1) is 107. The van der Waals surface area contributed by atoms with Gasteiger partial charge in [-0.25, -0.2) is 0 Å². The van der Waals surface area contributed by atoms with Crippen molar-refractivity contribution in [3.05, 3.63) is 0 Å². The maximum atomic E-state index is 0. The fourth-order valence-electron chi connectivity index (χ4n) is 0. The van der Waals surface area contributed by atoms with Gasteiger partial charge in [0, 0.05) is 17.4 Å². The summed E-state index contributed by atoms with van der Waals surface area (Å²) in [7, 11) is 0. The molecule has 0 radical (unpaired) electrons. The van der Waals surface area contributed by atoms with Crippen LogP contribution in [0.3, 0.4) is 0 Å². The first-order valence-corrected chi connectivity index (χ1v) is 0. The van der Waals surface area contributed by atoms with E-state index in [0.717, 1.165) is 0 Å². The second-order valence-electron chi connectivity index (χ2n) is 0. The Morgan fingerprint density at radius 1 is 0.667 bits per heavy atom. The van der Waals surface area contributed by atoms with Gasteiger partial charge in [-0.3, -0.25) is 0 Å². The van der Waals surface area contributed by atoms with E-state index in [1.54, 1.807) is 0 Å². The molecule has 0 unspecified atom stereocenters. The molecule has 0 aromatic carbocycles. The number of hydrogen-bond donors (Lipinski definition) is 0. The van der Waals surface area contributed by atoms with E-state index in [1.807, 2.05) is 0 Å². The molecule has 6 heteroatoms. The Morgan fingerprint density at radius 2 is 0.667 bits per heavy atom. The van der Waals surface area contributed by atoms with Gasteiger partial charge < -0.3 is 21.9 Å². The van der Waals surface area contributed by atoms with Crippen LogP contribution in [-0.4, -0.2) is 67.4 Å². The van der Waals surface area contributed by atoms with Gasteiger partial charge in [0.25, 0.3) is 0 Å². The molecule has 0 aromatic rings. The summed E-state index contributed by atoms with van der Waals surface area (Å²) in [5, 5.41) is 0. The molecular weight excluding hydrogens is 204 g/mol. The Hall–Kier alpha value is 1.85. The van der Waals surface area contributed by atoms with Crippen molar-refractivity contribution in [2.45, 2.75) is 0 Å². The topological polar surface area (TPSA) is 123 Å². The minimum atomic E-state index is 0. The van der Waals surface area contributed by atoms with Crippen LogP contribution < -0.4 is 0 Å². The van der Waals surface area contributed by atoms with Crippen LogP contribution in [0.5, 0.6) is 0 Å². The minimum Gasteiger partial charge on any atom is -0.870 e. The van der Waals surface area contributed by atoms with E-state index in [-0.39, 0.29) is 84.7 Å². The van der Waals surface area contributed by atoms with Crippen LogP contribution in [-0.2, 0) is 17.4 Å². The van der Waals surface area contributed by atoms with Crippen LogP contribution in [0.15, 0.2) is 0 Å². The molecule has 0 saturated carbocycles. The molecular formula is H6CrO4Sr. The summed E-state index contributed by atoms with van der Waals surface area (Å²) in [6, 6.07) is 0. The molecule has 6 N–H and O–H groups in total. The van der Waals surface area contributed by atoms with E-state index in [9.17, 15) is 0 Å². The molecule has 0 heterocycles. The van der Waals surface area contributed by atoms with Crippen molar-refractivity contribution in [2.24, 2.45) is 0 Å². The van der Waals surface area contributed by atoms with E-state index < -0.39 is 0 Å². The molecule has 0 bridgehead atoms. The maximum Gasteiger partial charge on any atom is 2.00 e. The quantitative estimate of drug-likeness (QED) is 0.413. The molecule has 0 fully saturated rings. The second kappa shape index (κ2) is 68.4.